The van der Waals surface area contributed by atoms with Crippen molar-refractivity contribution in [3.63, 3.8) is 0 Å². The van der Waals surface area contributed by atoms with Gasteiger partial charge in [0.25, 0.3) is 0 Å². The zero-order valence-corrected chi connectivity index (χ0v) is 17.3. The number of carbonyl (C=O) groups is 1. The average molecular weight is 465 g/mol. The number of hydrogen-bond acceptors (Lipinski definition) is 6. The Morgan fingerprint density at radius 3 is 2.53 bits per heavy atom. The van der Waals surface area contributed by atoms with E-state index >= 15 is 0 Å². The lowest BCUT2D eigenvalue weighted by molar-refractivity contribution is -0.192. The normalized spacial score (nSPS) is 13.0. The largest absolute Gasteiger partial charge is 0.490 e. The van der Waals surface area contributed by atoms with E-state index in [1.54, 1.807) is 18.3 Å². The van der Waals surface area contributed by atoms with Crippen molar-refractivity contribution in [3.05, 3.63) is 36.2 Å². The SMILES string of the molecule is Cc1cc2c(-c3ccc(S(=O)(=O)NC[C@@H](C)O)s3)ccnc2[nH]1.O=C(O)C(F)(F)F. The lowest BCUT2D eigenvalue weighted by Crippen LogP contribution is -2.30. The lowest BCUT2D eigenvalue weighted by atomic mass is 10.1. The third kappa shape index (κ3) is 6.01. The number of fused-ring (bicyclic) bond motifs is 1. The van der Waals surface area contributed by atoms with Gasteiger partial charge in [0.1, 0.15) is 9.86 Å². The smallest absolute Gasteiger partial charge is 0.475 e. The van der Waals surface area contributed by atoms with E-state index < -0.39 is 28.3 Å². The Hall–Kier alpha value is -2.48. The van der Waals surface area contributed by atoms with E-state index in [2.05, 4.69) is 14.7 Å². The van der Waals surface area contributed by atoms with E-state index in [0.717, 1.165) is 27.2 Å². The number of thiophene rings is 1. The summed E-state index contributed by atoms with van der Waals surface area (Å²) in [4.78, 5) is 17.2. The van der Waals surface area contributed by atoms with Gasteiger partial charge in [-0.1, -0.05) is 0 Å². The summed E-state index contributed by atoms with van der Waals surface area (Å²) >= 11 is 1.19. The molecule has 0 unspecified atom stereocenters. The van der Waals surface area contributed by atoms with Crippen molar-refractivity contribution in [1.29, 1.82) is 0 Å². The van der Waals surface area contributed by atoms with Gasteiger partial charge >= 0.3 is 12.1 Å². The molecular formula is C17H18F3N3O5S2. The van der Waals surface area contributed by atoms with Gasteiger partial charge in [0.2, 0.25) is 10.0 Å². The molecule has 3 rings (SSSR count). The van der Waals surface area contributed by atoms with E-state index in [4.69, 9.17) is 9.90 Å². The Labute approximate surface area is 173 Å². The molecule has 0 saturated carbocycles. The number of aromatic nitrogens is 2. The van der Waals surface area contributed by atoms with E-state index in [9.17, 15) is 26.7 Å². The van der Waals surface area contributed by atoms with Crippen molar-refractivity contribution in [2.24, 2.45) is 0 Å². The quantitative estimate of drug-likeness (QED) is 0.458. The van der Waals surface area contributed by atoms with Crippen LogP contribution in [0.4, 0.5) is 13.2 Å². The summed E-state index contributed by atoms with van der Waals surface area (Å²) in [5.41, 5.74) is 2.73. The molecule has 3 aromatic rings. The predicted octanol–water partition coefficient (Wildman–Crippen LogP) is 2.89. The maximum absolute atomic E-state index is 12.2. The number of sulfonamides is 1. The number of rotatable bonds is 5. The van der Waals surface area contributed by atoms with Gasteiger partial charge in [-0.15, -0.1) is 11.3 Å². The summed E-state index contributed by atoms with van der Waals surface area (Å²) in [6.07, 6.45) is -4.11. The molecular weight excluding hydrogens is 447 g/mol. The fourth-order valence-corrected chi connectivity index (χ4v) is 4.80. The van der Waals surface area contributed by atoms with Gasteiger partial charge in [-0.2, -0.15) is 13.2 Å². The lowest BCUT2D eigenvalue weighted by Gasteiger charge is -2.06. The number of aliphatic hydroxyl groups excluding tert-OH is 1. The molecule has 0 aromatic carbocycles. The van der Waals surface area contributed by atoms with Gasteiger partial charge in [0, 0.05) is 34.3 Å². The first-order chi connectivity index (χ1) is 13.8. The zero-order valence-electron chi connectivity index (χ0n) is 15.7. The van der Waals surface area contributed by atoms with Gasteiger partial charge in [-0.3, -0.25) is 0 Å². The van der Waals surface area contributed by atoms with Crippen LogP contribution in [-0.2, 0) is 14.8 Å². The van der Waals surface area contributed by atoms with Gasteiger partial charge in [0.05, 0.1) is 6.10 Å². The fraction of sp³-hybridized carbons (Fsp3) is 0.294. The molecule has 4 N–H and O–H groups in total. The molecule has 13 heteroatoms. The number of halogens is 3. The standard InChI is InChI=1S/C15H17N3O3S2.C2HF3O2/c1-9-7-12-11(5-6-16-15(12)18-9)13-3-4-14(22-13)23(20,21)17-8-10(2)19;3-2(4,5)1(6)7/h3-7,10,17,19H,8H2,1-2H3,(H,16,18);(H,6,7)/t10-;/m1./s1. The number of nitrogens with zero attached hydrogens (tertiary/aromatic N) is 1. The van der Waals surface area contributed by atoms with Crippen molar-refractivity contribution in [2.45, 2.75) is 30.3 Å². The molecule has 3 heterocycles. The molecule has 0 saturated heterocycles. The second kappa shape index (κ2) is 9.12. The number of nitrogens with one attached hydrogen (secondary N) is 2. The number of alkyl halides is 3. The predicted molar refractivity (Wildman–Crippen MR) is 105 cm³/mol. The van der Waals surface area contributed by atoms with E-state index in [1.807, 2.05) is 19.1 Å². The van der Waals surface area contributed by atoms with Crippen molar-refractivity contribution >= 4 is 38.4 Å². The first kappa shape index (κ1) is 23.8. The van der Waals surface area contributed by atoms with Crippen molar-refractivity contribution < 1.29 is 36.6 Å². The minimum atomic E-state index is -5.08. The number of H-pyrrole nitrogens is 1. The second-order valence-corrected chi connectivity index (χ2v) is 9.27. The summed E-state index contributed by atoms with van der Waals surface area (Å²) in [5.74, 6) is -2.76. The first-order valence-corrected chi connectivity index (χ1v) is 10.6. The molecule has 164 valence electrons. The average Bonchev–Trinajstić information content (AvgIpc) is 3.25. The number of carboxylic acids is 1. The number of hydrogen-bond donors (Lipinski definition) is 4. The van der Waals surface area contributed by atoms with Crippen LogP contribution in [0, 0.1) is 6.92 Å². The Morgan fingerprint density at radius 1 is 1.33 bits per heavy atom. The Kier molecular flexibility index (Phi) is 7.23. The summed E-state index contributed by atoms with van der Waals surface area (Å²) in [5, 5.41) is 17.3. The van der Waals surface area contributed by atoms with Crippen LogP contribution < -0.4 is 4.72 Å². The van der Waals surface area contributed by atoms with Crippen LogP contribution in [-0.4, -0.2) is 53.4 Å². The third-order valence-electron chi connectivity index (χ3n) is 3.59. The third-order valence-corrected chi connectivity index (χ3v) is 6.62. The number of aliphatic hydroxyl groups is 1. The maximum Gasteiger partial charge on any atom is 0.490 e. The van der Waals surface area contributed by atoms with Crippen LogP contribution in [0.1, 0.15) is 12.6 Å². The van der Waals surface area contributed by atoms with Crippen LogP contribution in [0.2, 0.25) is 0 Å². The number of aliphatic carboxylic acids is 1. The molecule has 30 heavy (non-hydrogen) atoms. The Bertz CT molecular complexity index is 1140. The molecule has 1 atom stereocenters. The number of carboxylic acid groups (broad SMARTS) is 1. The summed E-state index contributed by atoms with van der Waals surface area (Å²) in [6, 6.07) is 7.24. The highest BCUT2D eigenvalue weighted by molar-refractivity contribution is 7.91. The highest BCUT2D eigenvalue weighted by Crippen LogP contribution is 2.34. The minimum Gasteiger partial charge on any atom is -0.475 e. The highest BCUT2D eigenvalue weighted by atomic mass is 32.2. The Morgan fingerprint density at radius 2 is 1.97 bits per heavy atom. The van der Waals surface area contributed by atoms with Gasteiger partial charge in [-0.25, -0.2) is 22.9 Å². The van der Waals surface area contributed by atoms with E-state index in [1.165, 1.54) is 18.3 Å². The van der Waals surface area contributed by atoms with Crippen LogP contribution >= 0.6 is 11.3 Å². The molecule has 0 radical (unpaired) electrons. The molecule has 3 aromatic heterocycles. The Balaban J connectivity index is 0.000000396. The first-order valence-electron chi connectivity index (χ1n) is 8.33. The number of pyridine rings is 1. The molecule has 8 nitrogen and oxygen atoms in total. The fourth-order valence-electron chi connectivity index (χ4n) is 2.28. The van der Waals surface area contributed by atoms with Crippen molar-refractivity contribution in [3.8, 4) is 10.4 Å². The molecule has 0 aliphatic rings. The molecule has 0 aliphatic heterocycles. The molecule has 0 fully saturated rings. The van der Waals surface area contributed by atoms with E-state index in [0.29, 0.717) is 0 Å². The monoisotopic (exact) mass is 465 g/mol. The van der Waals surface area contributed by atoms with Crippen LogP contribution in [0.5, 0.6) is 0 Å². The van der Waals surface area contributed by atoms with Crippen LogP contribution in [0.3, 0.4) is 0 Å². The summed E-state index contributed by atoms with van der Waals surface area (Å²) in [7, 11) is -3.61. The summed E-state index contributed by atoms with van der Waals surface area (Å²) < 4.78 is 58.8. The van der Waals surface area contributed by atoms with Crippen molar-refractivity contribution in [2.75, 3.05) is 6.54 Å². The highest BCUT2D eigenvalue weighted by Gasteiger charge is 2.38. The van der Waals surface area contributed by atoms with Crippen LogP contribution in [0.25, 0.3) is 21.5 Å². The number of aryl methyl sites for hydroxylation is 1. The van der Waals surface area contributed by atoms with Crippen LogP contribution in [0.15, 0.2) is 34.7 Å². The summed E-state index contributed by atoms with van der Waals surface area (Å²) in [6.45, 7) is 3.48. The van der Waals surface area contributed by atoms with Gasteiger partial charge in [0.15, 0.2) is 0 Å². The zero-order chi connectivity index (χ0) is 22.7. The minimum absolute atomic E-state index is 0.00786. The van der Waals surface area contributed by atoms with Gasteiger partial charge in [-0.05, 0) is 38.1 Å². The number of aromatic amines is 1. The van der Waals surface area contributed by atoms with E-state index in [-0.39, 0.29) is 10.8 Å². The molecule has 0 aliphatic carbocycles. The molecule has 0 spiro atoms. The topological polar surface area (TPSA) is 132 Å². The van der Waals surface area contributed by atoms with Crippen molar-refractivity contribution in [1.82, 2.24) is 14.7 Å². The second-order valence-electron chi connectivity index (χ2n) is 6.20. The maximum atomic E-state index is 12.2. The molecule has 0 amide bonds. The van der Waals surface area contributed by atoms with Gasteiger partial charge < -0.3 is 15.2 Å². The molecule has 0 bridgehead atoms.